The van der Waals surface area contributed by atoms with E-state index in [-0.39, 0.29) is 11.9 Å². The van der Waals surface area contributed by atoms with Gasteiger partial charge in [0.2, 0.25) is 0 Å². The standard InChI is InChI=1S/C9H17NO2/c1-7(9(11)12-2)8-5-3-4-6-10-8/h7-8,10H,3-6H2,1-2H3/t7-,8-/m0/s1. The van der Waals surface area contributed by atoms with Gasteiger partial charge in [0.25, 0.3) is 0 Å². The average molecular weight is 171 g/mol. The minimum Gasteiger partial charge on any atom is -0.469 e. The largest absolute Gasteiger partial charge is 0.469 e. The van der Waals surface area contributed by atoms with Crippen molar-refractivity contribution < 1.29 is 9.53 Å². The van der Waals surface area contributed by atoms with E-state index in [1.807, 2.05) is 6.92 Å². The van der Waals surface area contributed by atoms with Crippen molar-refractivity contribution in [2.75, 3.05) is 13.7 Å². The van der Waals surface area contributed by atoms with Gasteiger partial charge in [0, 0.05) is 6.04 Å². The van der Waals surface area contributed by atoms with Crippen molar-refractivity contribution in [2.45, 2.75) is 32.2 Å². The summed E-state index contributed by atoms with van der Waals surface area (Å²) in [4.78, 5) is 11.1. The molecule has 1 rings (SSSR count). The minimum atomic E-state index is -0.102. The van der Waals surface area contributed by atoms with Crippen LogP contribution in [-0.2, 0) is 9.53 Å². The van der Waals surface area contributed by atoms with Crippen LogP contribution in [0.5, 0.6) is 0 Å². The Morgan fingerprint density at radius 2 is 2.33 bits per heavy atom. The Hall–Kier alpha value is -0.570. The number of methoxy groups -OCH3 is 1. The molecule has 1 heterocycles. The Bertz CT molecular complexity index is 153. The first-order valence-electron chi connectivity index (χ1n) is 4.57. The maximum Gasteiger partial charge on any atom is 0.309 e. The molecular weight excluding hydrogens is 154 g/mol. The molecule has 0 radical (unpaired) electrons. The van der Waals surface area contributed by atoms with Gasteiger partial charge in [-0.3, -0.25) is 4.79 Å². The lowest BCUT2D eigenvalue weighted by atomic mass is 9.94. The van der Waals surface area contributed by atoms with Gasteiger partial charge >= 0.3 is 5.97 Å². The van der Waals surface area contributed by atoms with Gasteiger partial charge in [0.15, 0.2) is 0 Å². The van der Waals surface area contributed by atoms with Gasteiger partial charge in [-0.1, -0.05) is 13.3 Å². The molecule has 1 aliphatic heterocycles. The summed E-state index contributed by atoms with van der Waals surface area (Å²) in [5, 5.41) is 3.33. The highest BCUT2D eigenvalue weighted by Gasteiger charge is 2.25. The molecule has 0 spiro atoms. The first-order valence-corrected chi connectivity index (χ1v) is 4.57. The smallest absolute Gasteiger partial charge is 0.309 e. The Morgan fingerprint density at radius 3 is 2.83 bits per heavy atom. The number of nitrogens with one attached hydrogen (secondary N) is 1. The van der Waals surface area contributed by atoms with E-state index in [1.54, 1.807) is 0 Å². The maximum atomic E-state index is 11.1. The van der Waals surface area contributed by atoms with Gasteiger partial charge in [-0.25, -0.2) is 0 Å². The molecule has 1 aliphatic rings. The van der Waals surface area contributed by atoms with Gasteiger partial charge in [0.05, 0.1) is 13.0 Å². The number of carbonyl (C=O) groups is 1. The van der Waals surface area contributed by atoms with Crippen LogP contribution in [0.25, 0.3) is 0 Å². The van der Waals surface area contributed by atoms with E-state index in [1.165, 1.54) is 20.0 Å². The number of hydrogen-bond donors (Lipinski definition) is 1. The van der Waals surface area contributed by atoms with Crippen molar-refractivity contribution in [1.29, 1.82) is 0 Å². The zero-order valence-corrected chi connectivity index (χ0v) is 7.80. The van der Waals surface area contributed by atoms with Gasteiger partial charge in [-0.15, -0.1) is 0 Å². The van der Waals surface area contributed by atoms with Crippen molar-refractivity contribution in [1.82, 2.24) is 5.32 Å². The number of rotatable bonds is 2. The molecule has 3 nitrogen and oxygen atoms in total. The van der Waals surface area contributed by atoms with Gasteiger partial charge < -0.3 is 10.1 Å². The van der Waals surface area contributed by atoms with Crippen molar-refractivity contribution in [3.05, 3.63) is 0 Å². The summed E-state index contributed by atoms with van der Waals surface area (Å²) in [5.74, 6) is -0.107. The lowest BCUT2D eigenvalue weighted by Crippen LogP contribution is -2.42. The summed E-state index contributed by atoms with van der Waals surface area (Å²) in [6.45, 7) is 2.96. The maximum absolute atomic E-state index is 11.1. The quantitative estimate of drug-likeness (QED) is 0.628. The highest BCUT2D eigenvalue weighted by atomic mass is 16.5. The zero-order valence-electron chi connectivity index (χ0n) is 7.80. The number of ether oxygens (including phenoxy) is 1. The first-order chi connectivity index (χ1) is 5.75. The summed E-state index contributed by atoms with van der Waals surface area (Å²) in [7, 11) is 1.45. The van der Waals surface area contributed by atoms with Crippen LogP contribution in [0.2, 0.25) is 0 Å². The topological polar surface area (TPSA) is 38.3 Å². The molecule has 0 aromatic carbocycles. The van der Waals surface area contributed by atoms with Crippen LogP contribution in [0.3, 0.4) is 0 Å². The molecule has 12 heavy (non-hydrogen) atoms. The van der Waals surface area contributed by atoms with Crippen LogP contribution in [-0.4, -0.2) is 25.7 Å². The van der Waals surface area contributed by atoms with E-state index in [0.29, 0.717) is 6.04 Å². The predicted molar refractivity (Wildman–Crippen MR) is 46.8 cm³/mol. The second kappa shape index (κ2) is 4.45. The Kier molecular flexibility index (Phi) is 3.53. The summed E-state index contributed by atoms with van der Waals surface area (Å²) < 4.78 is 4.69. The normalized spacial score (nSPS) is 26.3. The van der Waals surface area contributed by atoms with Crippen LogP contribution < -0.4 is 5.32 Å². The fourth-order valence-electron chi connectivity index (χ4n) is 1.66. The fourth-order valence-corrected chi connectivity index (χ4v) is 1.66. The van der Waals surface area contributed by atoms with Crippen LogP contribution in [0.4, 0.5) is 0 Å². The number of esters is 1. The number of carbonyl (C=O) groups excluding carboxylic acids is 1. The highest BCUT2D eigenvalue weighted by Crippen LogP contribution is 2.15. The van der Waals surface area contributed by atoms with Crippen molar-refractivity contribution in [2.24, 2.45) is 5.92 Å². The van der Waals surface area contributed by atoms with Gasteiger partial charge in [-0.2, -0.15) is 0 Å². The molecule has 70 valence electrons. The summed E-state index contributed by atoms with van der Waals surface area (Å²) >= 11 is 0. The summed E-state index contributed by atoms with van der Waals surface area (Å²) in [6, 6.07) is 0.325. The molecule has 2 atom stereocenters. The van der Waals surface area contributed by atoms with Gasteiger partial charge in [-0.05, 0) is 19.4 Å². The molecule has 0 aliphatic carbocycles. The molecule has 0 aromatic rings. The molecule has 1 saturated heterocycles. The predicted octanol–water partition coefficient (Wildman–Crippen LogP) is 0.938. The number of hydrogen-bond acceptors (Lipinski definition) is 3. The summed E-state index contributed by atoms with van der Waals surface area (Å²) in [6.07, 6.45) is 3.54. The lowest BCUT2D eigenvalue weighted by Gasteiger charge is -2.27. The van der Waals surface area contributed by atoms with E-state index in [2.05, 4.69) is 10.1 Å². The highest BCUT2D eigenvalue weighted by molar-refractivity contribution is 5.72. The second-order valence-electron chi connectivity index (χ2n) is 3.37. The molecule has 0 aromatic heterocycles. The lowest BCUT2D eigenvalue weighted by molar-refractivity contribution is -0.146. The van der Waals surface area contributed by atoms with Crippen molar-refractivity contribution in [3.8, 4) is 0 Å². The summed E-state index contributed by atoms with van der Waals surface area (Å²) in [5.41, 5.74) is 0. The SMILES string of the molecule is COC(=O)[C@@H](C)[C@@H]1CCCCN1. The average Bonchev–Trinajstić information content (AvgIpc) is 2.17. The van der Waals surface area contributed by atoms with E-state index in [9.17, 15) is 4.79 Å². The van der Waals surface area contributed by atoms with Crippen LogP contribution >= 0.6 is 0 Å². The molecule has 1 N–H and O–H groups in total. The minimum absolute atomic E-state index is 0.00435. The number of piperidine rings is 1. The molecular formula is C9H17NO2. The van der Waals surface area contributed by atoms with Crippen LogP contribution in [0.15, 0.2) is 0 Å². The molecule has 0 amide bonds. The zero-order chi connectivity index (χ0) is 8.97. The molecule has 0 bridgehead atoms. The van der Waals surface area contributed by atoms with Crippen molar-refractivity contribution in [3.63, 3.8) is 0 Å². The van der Waals surface area contributed by atoms with E-state index in [4.69, 9.17) is 0 Å². The van der Waals surface area contributed by atoms with Crippen molar-refractivity contribution >= 4 is 5.97 Å². The Morgan fingerprint density at radius 1 is 1.58 bits per heavy atom. The monoisotopic (exact) mass is 171 g/mol. The molecule has 0 saturated carbocycles. The molecule has 0 unspecified atom stereocenters. The fraction of sp³-hybridized carbons (Fsp3) is 0.889. The molecule has 3 heteroatoms. The first kappa shape index (κ1) is 9.52. The van der Waals surface area contributed by atoms with Crippen LogP contribution in [0.1, 0.15) is 26.2 Å². The third kappa shape index (κ3) is 2.21. The van der Waals surface area contributed by atoms with E-state index >= 15 is 0 Å². The van der Waals surface area contributed by atoms with Crippen LogP contribution in [0, 0.1) is 5.92 Å². The Balaban J connectivity index is 2.39. The Labute approximate surface area is 73.5 Å². The third-order valence-electron chi connectivity index (χ3n) is 2.52. The van der Waals surface area contributed by atoms with E-state index in [0.717, 1.165) is 13.0 Å². The molecule has 1 fully saturated rings. The van der Waals surface area contributed by atoms with Gasteiger partial charge in [0.1, 0.15) is 0 Å². The van der Waals surface area contributed by atoms with E-state index < -0.39 is 0 Å². The second-order valence-corrected chi connectivity index (χ2v) is 3.37. The third-order valence-corrected chi connectivity index (χ3v) is 2.52.